The van der Waals surface area contributed by atoms with Crippen LogP contribution in [0.1, 0.15) is 16.2 Å². The van der Waals surface area contributed by atoms with Crippen LogP contribution in [0.2, 0.25) is 5.02 Å². The van der Waals surface area contributed by atoms with Gasteiger partial charge in [0.25, 0.3) is 5.91 Å². The van der Waals surface area contributed by atoms with E-state index in [0.29, 0.717) is 11.6 Å². The summed E-state index contributed by atoms with van der Waals surface area (Å²) in [6.07, 6.45) is 0. The van der Waals surface area contributed by atoms with Crippen molar-refractivity contribution in [2.45, 2.75) is 6.92 Å². The molecule has 3 heterocycles. The molecule has 8 nitrogen and oxygen atoms in total. The average Bonchev–Trinajstić information content (AvgIpc) is 3.13. The predicted octanol–water partition coefficient (Wildman–Crippen LogP) is 3.01. The lowest BCUT2D eigenvalue weighted by molar-refractivity contribution is 0.102. The number of halogens is 1. The minimum Gasteiger partial charge on any atom is -0.368 e. The fourth-order valence-electron chi connectivity index (χ4n) is 3.09. The first-order valence-electron chi connectivity index (χ1n) is 8.92. The number of nitrogens with one attached hydrogen (secondary N) is 1. The zero-order chi connectivity index (χ0) is 19.5. The number of rotatable bonds is 4. The Morgan fingerprint density at radius 3 is 2.50 bits per heavy atom. The SMILES string of the molecule is Cc1cc(NC(=O)c2ccc(N3CCN(c4cccc(Cl)c4)CC3)nn2)no1. The van der Waals surface area contributed by atoms with Crippen molar-refractivity contribution in [3.05, 3.63) is 58.9 Å². The van der Waals surface area contributed by atoms with Gasteiger partial charge in [0, 0.05) is 43.0 Å². The van der Waals surface area contributed by atoms with Crippen LogP contribution in [-0.4, -0.2) is 47.4 Å². The molecule has 1 saturated heterocycles. The molecule has 144 valence electrons. The van der Waals surface area contributed by atoms with E-state index in [2.05, 4.69) is 36.5 Å². The Morgan fingerprint density at radius 2 is 1.86 bits per heavy atom. The van der Waals surface area contributed by atoms with Gasteiger partial charge in [-0.2, -0.15) is 0 Å². The molecule has 0 unspecified atom stereocenters. The lowest BCUT2D eigenvalue weighted by atomic mass is 10.2. The highest BCUT2D eigenvalue weighted by atomic mass is 35.5. The number of benzene rings is 1. The molecule has 0 saturated carbocycles. The summed E-state index contributed by atoms with van der Waals surface area (Å²) in [6, 6.07) is 13.0. The molecule has 9 heteroatoms. The molecule has 4 rings (SSSR count). The highest BCUT2D eigenvalue weighted by Crippen LogP contribution is 2.22. The van der Waals surface area contributed by atoms with Crippen molar-refractivity contribution < 1.29 is 9.32 Å². The van der Waals surface area contributed by atoms with E-state index < -0.39 is 0 Å². The number of hydrogen-bond acceptors (Lipinski definition) is 7. The Morgan fingerprint density at radius 1 is 1.07 bits per heavy atom. The minimum atomic E-state index is -0.377. The van der Waals surface area contributed by atoms with E-state index in [0.717, 1.165) is 42.7 Å². The van der Waals surface area contributed by atoms with Gasteiger partial charge in [-0.15, -0.1) is 10.2 Å². The van der Waals surface area contributed by atoms with Crippen LogP contribution in [0.5, 0.6) is 0 Å². The summed E-state index contributed by atoms with van der Waals surface area (Å²) in [4.78, 5) is 16.7. The van der Waals surface area contributed by atoms with Crippen LogP contribution >= 0.6 is 11.6 Å². The average molecular weight is 399 g/mol. The topological polar surface area (TPSA) is 87.4 Å². The summed E-state index contributed by atoms with van der Waals surface area (Å²) in [5.41, 5.74) is 1.34. The summed E-state index contributed by atoms with van der Waals surface area (Å²) in [6.45, 7) is 5.09. The van der Waals surface area contributed by atoms with Gasteiger partial charge in [0.15, 0.2) is 17.3 Å². The Bertz CT molecular complexity index is 967. The van der Waals surface area contributed by atoms with Gasteiger partial charge in [-0.05, 0) is 37.3 Å². The Labute approximate surface area is 167 Å². The van der Waals surface area contributed by atoms with Crippen molar-refractivity contribution >= 4 is 34.8 Å². The molecule has 0 bridgehead atoms. The molecule has 0 aliphatic carbocycles. The van der Waals surface area contributed by atoms with Crippen molar-refractivity contribution in [2.75, 3.05) is 41.3 Å². The molecule has 1 N–H and O–H groups in total. The third kappa shape index (κ3) is 4.07. The molecule has 1 aliphatic heterocycles. The zero-order valence-corrected chi connectivity index (χ0v) is 16.1. The fourth-order valence-corrected chi connectivity index (χ4v) is 3.27. The number of aromatic nitrogens is 3. The minimum absolute atomic E-state index is 0.224. The molecule has 0 atom stereocenters. The highest BCUT2D eigenvalue weighted by Gasteiger charge is 2.19. The summed E-state index contributed by atoms with van der Waals surface area (Å²) in [5.74, 6) is 1.34. The van der Waals surface area contributed by atoms with Gasteiger partial charge in [0.1, 0.15) is 5.76 Å². The molecule has 1 aliphatic rings. The number of carbonyl (C=O) groups excluding carboxylic acids is 1. The first kappa shape index (κ1) is 18.2. The van der Waals surface area contributed by atoms with E-state index in [1.807, 2.05) is 24.3 Å². The van der Waals surface area contributed by atoms with Crippen LogP contribution in [0.25, 0.3) is 0 Å². The van der Waals surface area contributed by atoms with Crippen LogP contribution in [0, 0.1) is 6.92 Å². The Kier molecular flexibility index (Phi) is 5.12. The van der Waals surface area contributed by atoms with E-state index in [1.54, 1.807) is 19.1 Å². The lowest BCUT2D eigenvalue weighted by Gasteiger charge is -2.36. The van der Waals surface area contributed by atoms with Gasteiger partial charge < -0.3 is 19.6 Å². The van der Waals surface area contributed by atoms with Gasteiger partial charge in [0.2, 0.25) is 0 Å². The van der Waals surface area contributed by atoms with Gasteiger partial charge >= 0.3 is 0 Å². The second kappa shape index (κ2) is 7.85. The zero-order valence-electron chi connectivity index (χ0n) is 15.3. The second-order valence-corrected chi connectivity index (χ2v) is 6.94. The first-order chi connectivity index (χ1) is 13.6. The maximum absolute atomic E-state index is 12.2. The number of nitrogens with zero attached hydrogens (tertiary/aromatic N) is 5. The number of hydrogen-bond donors (Lipinski definition) is 1. The highest BCUT2D eigenvalue weighted by molar-refractivity contribution is 6.30. The van der Waals surface area contributed by atoms with Crippen molar-refractivity contribution in [3.63, 3.8) is 0 Å². The van der Waals surface area contributed by atoms with Crippen LogP contribution in [0.4, 0.5) is 17.3 Å². The standard InChI is InChI=1S/C19H19ClN6O2/c1-13-11-17(24-28-13)21-19(27)16-5-6-18(23-22-16)26-9-7-25(8-10-26)15-4-2-3-14(20)12-15/h2-6,11-12H,7-10H2,1H3,(H,21,24,27). The first-order valence-corrected chi connectivity index (χ1v) is 9.30. The number of anilines is 3. The second-order valence-electron chi connectivity index (χ2n) is 6.51. The predicted molar refractivity (Wildman–Crippen MR) is 107 cm³/mol. The van der Waals surface area contributed by atoms with Gasteiger partial charge in [-0.1, -0.05) is 22.8 Å². The van der Waals surface area contributed by atoms with Crippen molar-refractivity contribution in [3.8, 4) is 0 Å². The van der Waals surface area contributed by atoms with E-state index in [4.69, 9.17) is 16.1 Å². The number of carbonyl (C=O) groups is 1. The largest absolute Gasteiger partial charge is 0.368 e. The third-order valence-electron chi connectivity index (χ3n) is 4.53. The van der Waals surface area contributed by atoms with Gasteiger partial charge in [-0.3, -0.25) is 4.79 Å². The van der Waals surface area contributed by atoms with E-state index in [-0.39, 0.29) is 11.6 Å². The molecule has 1 aromatic carbocycles. The molecular weight excluding hydrogens is 380 g/mol. The lowest BCUT2D eigenvalue weighted by Crippen LogP contribution is -2.46. The van der Waals surface area contributed by atoms with E-state index >= 15 is 0 Å². The monoisotopic (exact) mass is 398 g/mol. The van der Waals surface area contributed by atoms with Crippen LogP contribution in [-0.2, 0) is 0 Å². The Balaban J connectivity index is 1.36. The van der Waals surface area contributed by atoms with Crippen molar-refractivity contribution in [1.29, 1.82) is 0 Å². The smallest absolute Gasteiger partial charge is 0.277 e. The van der Waals surface area contributed by atoms with Crippen molar-refractivity contribution in [2.24, 2.45) is 0 Å². The van der Waals surface area contributed by atoms with Gasteiger partial charge in [0.05, 0.1) is 0 Å². The Hall–Kier alpha value is -3.13. The van der Waals surface area contributed by atoms with Crippen molar-refractivity contribution in [1.82, 2.24) is 15.4 Å². The molecule has 2 aromatic heterocycles. The molecule has 28 heavy (non-hydrogen) atoms. The molecule has 3 aromatic rings. The third-order valence-corrected chi connectivity index (χ3v) is 4.76. The molecule has 0 spiro atoms. The molecule has 0 radical (unpaired) electrons. The van der Waals surface area contributed by atoms with Gasteiger partial charge in [-0.25, -0.2) is 0 Å². The maximum atomic E-state index is 12.2. The molecular formula is C19H19ClN6O2. The van der Waals surface area contributed by atoms with E-state index in [1.165, 1.54) is 0 Å². The fraction of sp³-hybridized carbons (Fsp3) is 0.263. The maximum Gasteiger partial charge on any atom is 0.277 e. The summed E-state index contributed by atoms with van der Waals surface area (Å²) in [7, 11) is 0. The summed E-state index contributed by atoms with van der Waals surface area (Å²) < 4.78 is 4.93. The van der Waals surface area contributed by atoms with Crippen LogP contribution < -0.4 is 15.1 Å². The summed E-state index contributed by atoms with van der Waals surface area (Å²) >= 11 is 6.08. The molecule has 1 fully saturated rings. The quantitative estimate of drug-likeness (QED) is 0.722. The van der Waals surface area contributed by atoms with Crippen LogP contribution in [0.3, 0.4) is 0 Å². The number of aryl methyl sites for hydroxylation is 1. The summed E-state index contributed by atoms with van der Waals surface area (Å²) in [5, 5.41) is 15.4. The normalized spacial score (nSPS) is 14.2. The van der Waals surface area contributed by atoms with E-state index in [9.17, 15) is 4.79 Å². The van der Waals surface area contributed by atoms with Crippen LogP contribution in [0.15, 0.2) is 47.0 Å². The number of piperazine rings is 1. The molecule has 1 amide bonds. The number of amides is 1.